The van der Waals surface area contributed by atoms with Crippen LogP contribution in [0.2, 0.25) is 0 Å². The second-order valence-electron chi connectivity index (χ2n) is 15.6. The number of hydrogen-bond acceptors (Lipinski definition) is 2. The monoisotopic (exact) mass is 729 g/mol. The maximum Gasteiger partial charge on any atom is 0.0633 e. The van der Waals surface area contributed by atoms with Gasteiger partial charge >= 0.3 is 0 Å². The van der Waals surface area contributed by atoms with Crippen molar-refractivity contribution in [1.29, 1.82) is 0 Å². The quantitative estimate of drug-likeness (QED) is 0.175. The van der Waals surface area contributed by atoms with E-state index in [4.69, 9.17) is 0 Å². The topological polar surface area (TPSA) is 11.4 Å². The molecule has 3 heterocycles. The summed E-state index contributed by atoms with van der Waals surface area (Å²) in [5.74, 6) is 0.206. The number of allylic oxidation sites excluding steroid dienone is 4. The van der Waals surface area contributed by atoms with E-state index in [-0.39, 0.29) is 18.0 Å². The molecule has 0 fully saturated rings. The molecule has 0 saturated heterocycles. The summed E-state index contributed by atoms with van der Waals surface area (Å²) in [6, 6.07) is 64.8. The van der Waals surface area contributed by atoms with Gasteiger partial charge in [0.15, 0.2) is 0 Å². The zero-order valence-corrected chi connectivity index (χ0v) is 31.4. The molecule has 0 saturated carbocycles. The smallest absolute Gasteiger partial charge is 0.0633 e. The van der Waals surface area contributed by atoms with Gasteiger partial charge in [-0.05, 0) is 119 Å². The predicted octanol–water partition coefficient (Wildman–Crippen LogP) is 13.5. The third kappa shape index (κ3) is 4.98. The number of para-hydroxylation sites is 5. The molecule has 4 aliphatic rings. The molecule has 57 heavy (non-hydrogen) atoms. The van der Waals surface area contributed by atoms with Crippen molar-refractivity contribution in [3.63, 3.8) is 0 Å². The maximum atomic E-state index is 2.55. The molecule has 2 aliphatic carbocycles. The lowest BCUT2D eigenvalue weighted by molar-refractivity contribution is 0.739. The first-order valence-corrected chi connectivity index (χ1v) is 20.1. The Balaban J connectivity index is 0.955. The number of rotatable bonds is 5. The van der Waals surface area contributed by atoms with Crippen molar-refractivity contribution in [3.05, 3.63) is 229 Å². The molecule has 2 aliphatic heterocycles. The molecule has 3 heteroatoms. The minimum Gasteiger partial charge on any atom is -0.333 e. The van der Waals surface area contributed by atoms with Crippen LogP contribution < -0.4 is 9.80 Å². The van der Waals surface area contributed by atoms with Gasteiger partial charge in [0.05, 0.1) is 23.1 Å². The third-order valence-electron chi connectivity index (χ3n) is 12.6. The summed E-state index contributed by atoms with van der Waals surface area (Å²) in [4.78, 5) is 5.07. The van der Waals surface area contributed by atoms with Crippen LogP contribution in [0, 0.1) is 0 Å². The largest absolute Gasteiger partial charge is 0.333 e. The molecule has 12 rings (SSSR count). The van der Waals surface area contributed by atoms with Gasteiger partial charge in [0.1, 0.15) is 0 Å². The van der Waals surface area contributed by atoms with Crippen molar-refractivity contribution in [1.82, 2.24) is 4.57 Å². The maximum absolute atomic E-state index is 2.55. The molecule has 270 valence electrons. The zero-order chi connectivity index (χ0) is 37.5. The molecule has 3 atom stereocenters. The normalized spacial score (nSPS) is 19.2. The fourth-order valence-electron chi connectivity index (χ4n) is 10.1. The van der Waals surface area contributed by atoms with Crippen LogP contribution in [0.5, 0.6) is 0 Å². The third-order valence-corrected chi connectivity index (χ3v) is 12.6. The summed E-state index contributed by atoms with van der Waals surface area (Å²) in [5.41, 5.74) is 17.9. The SMILES string of the molecule is C1=CC2C(C=C1C1=CCC3C(=C1)c1ccccc1N3c1ccccc1)c1cc(-c3ccc4c(c3)c3ccccc3n4-c3ccccc3)ccc1N2c1ccccc1. The fourth-order valence-corrected chi connectivity index (χ4v) is 10.1. The van der Waals surface area contributed by atoms with Crippen LogP contribution >= 0.6 is 0 Å². The van der Waals surface area contributed by atoms with Gasteiger partial charge in [-0.25, -0.2) is 0 Å². The van der Waals surface area contributed by atoms with Crippen LogP contribution in [0.1, 0.15) is 23.5 Å². The Labute approximate surface area is 333 Å². The predicted molar refractivity (Wildman–Crippen MR) is 238 cm³/mol. The van der Waals surface area contributed by atoms with Gasteiger partial charge in [0, 0.05) is 50.7 Å². The van der Waals surface area contributed by atoms with Crippen LogP contribution in [0.15, 0.2) is 217 Å². The molecular formula is C54H39N3. The highest BCUT2D eigenvalue weighted by atomic mass is 15.2. The van der Waals surface area contributed by atoms with Crippen molar-refractivity contribution in [2.75, 3.05) is 9.80 Å². The number of nitrogens with zero attached hydrogens (tertiary/aromatic N) is 3. The summed E-state index contributed by atoms with van der Waals surface area (Å²) in [7, 11) is 0. The number of benzene rings is 7. The molecular weight excluding hydrogens is 691 g/mol. The Bertz CT molecular complexity index is 3000. The van der Waals surface area contributed by atoms with Crippen molar-refractivity contribution < 1.29 is 0 Å². The summed E-state index contributed by atoms with van der Waals surface area (Å²) in [5, 5.41) is 2.54. The van der Waals surface area contributed by atoms with Crippen molar-refractivity contribution in [3.8, 4) is 16.8 Å². The molecule has 8 aromatic rings. The minimum atomic E-state index is 0.193. The molecule has 0 bridgehead atoms. The van der Waals surface area contributed by atoms with Crippen LogP contribution in [-0.4, -0.2) is 16.7 Å². The Morgan fingerprint density at radius 3 is 1.95 bits per heavy atom. The molecule has 1 aromatic heterocycles. The highest BCUT2D eigenvalue weighted by Gasteiger charge is 2.40. The number of fused-ring (bicyclic) bond motifs is 9. The average Bonchev–Trinajstić information content (AvgIpc) is 3.92. The number of hydrogen-bond donors (Lipinski definition) is 0. The van der Waals surface area contributed by atoms with Gasteiger partial charge in [-0.15, -0.1) is 0 Å². The second kappa shape index (κ2) is 12.7. The Morgan fingerprint density at radius 1 is 0.491 bits per heavy atom. The van der Waals surface area contributed by atoms with Crippen LogP contribution in [0.4, 0.5) is 22.7 Å². The first-order valence-electron chi connectivity index (χ1n) is 20.1. The van der Waals surface area contributed by atoms with Crippen molar-refractivity contribution >= 4 is 50.1 Å². The Morgan fingerprint density at radius 2 is 1.14 bits per heavy atom. The van der Waals surface area contributed by atoms with Gasteiger partial charge in [-0.1, -0.05) is 127 Å². The Hall–Kier alpha value is -7.10. The molecule has 0 radical (unpaired) electrons. The van der Waals surface area contributed by atoms with E-state index in [1.807, 2.05) is 0 Å². The lowest BCUT2D eigenvalue weighted by Crippen LogP contribution is -2.29. The zero-order valence-electron chi connectivity index (χ0n) is 31.4. The average molecular weight is 730 g/mol. The molecule has 3 nitrogen and oxygen atoms in total. The van der Waals surface area contributed by atoms with E-state index in [2.05, 4.69) is 221 Å². The number of aromatic nitrogens is 1. The van der Waals surface area contributed by atoms with Gasteiger partial charge < -0.3 is 14.4 Å². The van der Waals surface area contributed by atoms with E-state index in [1.165, 1.54) is 89.2 Å². The van der Waals surface area contributed by atoms with E-state index in [9.17, 15) is 0 Å². The summed E-state index contributed by atoms with van der Waals surface area (Å²) >= 11 is 0. The molecule has 0 amide bonds. The number of anilines is 4. The van der Waals surface area contributed by atoms with Gasteiger partial charge in [0.2, 0.25) is 0 Å². The van der Waals surface area contributed by atoms with Crippen molar-refractivity contribution in [2.24, 2.45) is 0 Å². The van der Waals surface area contributed by atoms with Crippen LogP contribution in [-0.2, 0) is 0 Å². The van der Waals surface area contributed by atoms with Crippen LogP contribution in [0.3, 0.4) is 0 Å². The molecule has 0 spiro atoms. The van der Waals surface area contributed by atoms with E-state index in [0.717, 1.165) is 6.42 Å². The fraction of sp³-hybridized carbons (Fsp3) is 0.0741. The van der Waals surface area contributed by atoms with Gasteiger partial charge in [0.25, 0.3) is 0 Å². The van der Waals surface area contributed by atoms with Crippen LogP contribution in [0.25, 0.3) is 44.2 Å². The molecule has 7 aromatic carbocycles. The first kappa shape index (κ1) is 32.2. The van der Waals surface area contributed by atoms with E-state index in [0.29, 0.717) is 0 Å². The van der Waals surface area contributed by atoms with E-state index >= 15 is 0 Å². The molecule has 0 N–H and O–H groups in total. The Kier molecular flexibility index (Phi) is 7.18. The summed E-state index contributed by atoms with van der Waals surface area (Å²) in [6.45, 7) is 0. The summed E-state index contributed by atoms with van der Waals surface area (Å²) < 4.78 is 2.39. The summed E-state index contributed by atoms with van der Waals surface area (Å²) in [6.07, 6.45) is 13.3. The van der Waals surface area contributed by atoms with E-state index < -0.39 is 0 Å². The van der Waals surface area contributed by atoms with E-state index in [1.54, 1.807) is 0 Å². The van der Waals surface area contributed by atoms with Gasteiger partial charge in [-0.2, -0.15) is 0 Å². The molecule has 3 unspecified atom stereocenters. The minimum absolute atomic E-state index is 0.193. The highest BCUT2D eigenvalue weighted by molar-refractivity contribution is 6.10. The lowest BCUT2D eigenvalue weighted by Gasteiger charge is -2.31. The first-order chi connectivity index (χ1) is 28.3. The standard InChI is InChI=1S/C54H39N3/c1-4-14-40(15-5-1)55-49-22-12-10-20-43(49)45-32-36(24-28-51(45)55)38-26-30-53-47(34-38)48-35-39(27-31-54(48)57(53)42-18-8-3-9-19-42)37-25-29-52-46(33-37)44-21-11-13-23-50(44)56(52)41-16-6-2-7-17-41/h1-28,30-35,48,52,54H,29H2. The van der Waals surface area contributed by atoms with Gasteiger partial charge in [-0.3, -0.25) is 0 Å². The second-order valence-corrected chi connectivity index (χ2v) is 15.6. The lowest BCUT2D eigenvalue weighted by atomic mass is 9.82. The highest BCUT2D eigenvalue weighted by Crippen LogP contribution is 2.52. The van der Waals surface area contributed by atoms with Crippen molar-refractivity contribution in [2.45, 2.75) is 24.4 Å².